The summed E-state index contributed by atoms with van der Waals surface area (Å²) < 4.78 is 61.2. The minimum Gasteiger partial charge on any atom is -0.475 e. The maximum atomic E-state index is 13.4. The topological polar surface area (TPSA) is 207 Å². The summed E-state index contributed by atoms with van der Waals surface area (Å²) in [6.07, 6.45) is -4.93. The Hall–Kier alpha value is -4.80. The molecule has 1 amide bonds. The number of aliphatic carboxylic acids is 1. The number of rotatable bonds is 9. The first-order valence-electron chi connectivity index (χ1n) is 12.7. The molecule has 0 radical (unpaired) electrons. The van der Waals surface area contributed by atoms with E-state index >= 15 is 0 Å². The highest BCUT2D eigenvalue weighted by Crippen LogP contribution is 2.31. The van der Waals surface area contributed by atoms with Gasteiger partial charge in [-0.25, -0.2) is 18.4 Å². The average molecular weight is 636 g/mol. The zero-order chi connectivity index (χ0) is 32.7. The Bertz CT molecular complexity index is 1680. The Morgan fingerprint density at radius 3 is 2.30 bits per heavy atom. The molecule has 0 fully saturated rings. The van der Waals surface area contributed by atoms with Crippen LogP contribution in [0.5, 0.6) is 0 Å². The molecule has 234 valence electrons. The van der Waals surface area contributed by atoms with Gasteiger partial charge in [0.1, 0.15) is 5.84 Å². The monoisotopic (exact) mass is 635 g/mol. The molecule has 16 heteroatoms. The number of sulfonamides is 1. The van der Waals surface area contributed by atoms with E-state index in [1.807, 2.05) is 6.92 Å². The summed E-state index contributed by atoms with van der Waals surface area (Å²) in [5.74, 6) is -3.28. The number of amides is 1. The maximum Gasteiger partial charge on any atom is 0.490 e. The fraction of sp³-hybridized carbons (Fsp3) is 0.214. The van der Waals surface area contributed by atoms with Gasteiger partial charge in [-0.05, 0) is 36.8 Å². The number of carboxylic acids is 1. The number of nitrogens with two attached hydrogens (primary N) is 2. The summed E-state index contributed by atoms with van der Waals surface area (Å²) >= 11 is 0. The van der Waals surface area contributed by atoms with Crippen LogP contribution in [0.15, 0.2) is 82.8 Å². The van der Waals surface area contributed by atoms with Crippen molar-refractivity contribution >= 4 is 39.1 Å². The van der Waals surface area contributed by atoms with E-state index < -0.39 is 33.7 Å². The van der Waals surface area contributed by atoms with Gasteiger partial charge in [-0.1, -0.05) is 53.7 Å². The summed E-state index contributed by atoms with van der Waals surface area (Å²) in [6.45, 7) is 2.18. The lowest BCUT2D eigenvalue weighted by molar-refractivity contribution is -0.192. The molecule has 44 heavy (non-hydrogen) atoms. The van der Waals surface area contributed by atoms with Crippen LogP contribution in [-0.2, 0) is 29.2 Å². The van der Waals surface area contributed by atoms with Crippen LogP contribution in [0.4, 0.5) is 18.9 Å². The van der Waals surface area contributed by atoms with Gasteiger partial charge in [-0.15, -0.1) is 0 Å². The summed E-state index contributed by atoms with van der Waals surface area (Å²) in [7, 11) is -3.91. The number of hydrogen-bond acceptors (Lipinski definition) is 8. The third-order valence-electron chi connectivity index (χ3n) is 6.13. The Kier molecular flexibility index (Phi) is 10.5. The number of carboxylic acid groups (broad SMARTS) is 1. The molecule has 1 heterocycles. The lowest BCUT2D eigenvalue weighted by atomic mass is 9.93. The molecule has 3 aromatic rings. The van der Waals surface area contributed by atoms with Gasteiger partial charge in [0.15, 0.2) is 0 Å². The first kappa shape index (κ1) is 33.7. The van der Waals surface area contributed by atoms with E-state index in [-0.39, 0.29) is 23.8 Å². The van der Waals surface area contributed by atoms with E-state index in [4.69, 9.17) is 35.8 Å². The van der Waals surface area contributed by atoms with Gasteiger partial charge in [0, 0.05) is 35.4 Å². The molecule has 1 unspecified atom stereocenters. The predicted octanol–water partition coefficient (Wildman–Crippen LogP) is 3.46. The van der Waals surface area contributed by atoms with Crippen molar-refractivity contribution in [1.29, 1.82) is 5.41 Å². The average Bonchev–Trinajstić information content (AvgIpc) is 3.42. The highest BCUT2D eigenvalue weighted by Gasteiger charge is 2.47. The normalized spacial score (nSPS) is 16.2. The quantitative estimate of drug-likeness (QED) is 0.173. The minimum absolute atomic E-state index is 0.0142. The van der Waals surface area contributed by atoms with Gasteiger partial charge in [0.2, 0.25) is 15.6 Å². The minimum atomic E-state index is -5.08. The summed E-state index contributed by atoms with van der Waals surface area (Å²) in [5.41, 5.74) is 7.54. The number of halogens is 3. The first-order valence-corrected chi connectivity index (χ1v) is 14.2. The van der Waals surface area contributed by atoms with E-state index in [0.717, 1.165) is 0 Å². The second kappa shape index (κ2) is 13.7. The van der Waals surface area contributed by atoms with Gasteiger partial charge < -0.3 is 25.7 Å². The second-order valence-electron chi connectivity index (χ2n) is 9.31. The van der Waals surface area contributed by atoms with Crippen molar-refractivity contribution in [2.24, 2.45) is 16.0 Å². The Morgan fingerprint density at radius 1 is 1.09 bits per heavy atom. The van der Waals surface area contributed by atoms with Crippen molar-refractivity contribution in [3.8, 4) is 11.1 Å². The summed E-state index contributed by atoms with van der Waals surface area (Å²) in [6, 6.07) is 20.1. The van der Waals surface area contributed by atoms with Gasteiger partial charge in [0.05, 0.1) is 17.2 Å². The highest BCUT2D eigenvalue weighted by molar-refractivity contribution is 7.89. The molecule has 0 saturated heterocycles. The van der Waals surface area contributed by atoms with Crippen molar-refractivity contribution in [2.45, 2.75) is 30.0 Å². The first-order chi connectivity index (χ1) is 20.6. The van der Waals surface area contributed by atoms with Crippen molar-refractivity contribution in [2.75, 3.05) is 18.5 Å². The predicted molar refractivity (Wildman–Crippen MR) is 154 cm³/mol. The van der Waals surface area contributed by atoms with Gasteiger partial charge in [-0.2, -0.15) is 13.2 Å². The van der Waals surface area contributed by atoms with Gasteiger partial charge in [-0.3, -0.25) is 10.2 Å². The molecular formula is C28H28F3N5O7S. The number of anilines is 1. The molecule has 0 saturated carbocycles. The molecule has 4 rings (SSSR count). The van der Waals surface area contributed by atoms with Crippen LogP contribution in [0.25, 0.3) is 11.1 Å². The van der Waals surface area contributed by atoms with Gasteiger partial charge >= 0.3 is 12.1 Å². The van der Waals surface area contributed by atoms with Crippen LogP contribution in [0.1, 0.15) is 24.5 Å². The number of carbonyl (C=O) groups excluding carboxylic acids is 1. The number of carbonyl (C=O) groups is 2. The van der Waals surface area contributed by atoms with Crippen molar-refractivity contribution in [3.05, 3.63) is 83.9 Å². The van der Waals surface area contributed by atoms with Crippen LogP contribution >= 0.6 is 0 Å². The van der Waals surface area contributed by atoms with Crippen molar-refractivity contribution < 1.29 is 45.9 Å². The highest BCUT2D eigenvalue weighted by atomic mass is 32.2. The Morgan fingerprint density at radius 2 is 1.73 bits per heavy atom. The SMILES string of the molecule is CCOCC1(C(=O)Nc2ccc(-c3ccccc3S(N)(=O)=O)cc2)CC(c2cccc(C(=N)N)c2)=NO1.O=C(O)C(F)(F)F. The van der Waals surface area contributed by atoms with Crippen LogP contribution in [-0.4, -0.2) is 61.9 Å². The Balaban J connectivity index is 0.000000676. The second-order valence-corrected chi connectivity index (χ2v) is 10.8. The van der Waals surface area contributed by atoms with Crippen LogP contribution in [0.2, 0.25) is 0 Å². The molecule has 0 aromatic heterocycles. The molecule has 1 aliphatic rings. The van der Waals surface area contributed by atoms with E-state index in [9.17, 15) is 26.4 Å². The molecule has 7 N–H and O–H groups in total. The number of primary sulfonamides is 1. The van der Waals surface area contributed by atoms with Crippen LogP contribution in [0, 0.1) is 5.41 Å². The molecule has 1 atom stereocenters. The van der Waals surface area contributed by atoms with Crippen molar-refractivity contribution in [1.82, 2.24) is 0 Å². The van der Waals surface area contributed by atoms with Gasteiger partial charge in [0.25, 0.3) is 5.91 Å². The molecule has 0 aliphatic carbocycles. The smallest absolute Gasteiger partial charge is 0.475 e. The standard InChI is InChI=1S/C26H27N5O5S.C2HF3O2/c1-2-35-16-26(15-22(31-36-26)18-6-5-7-19(14-18)24(27)28)25(32)30-20-12-10-17(11-13-20)21-8-3-4-9-23(21)37(29,33)34;3-2(4,5)1(6)7/h3-14H,2,15-16H2,1H3,(H3,27,28)(H,30,32)(H2,29,33,34);(H,6,7). The van der Waals surface area contributed by atoms with E-state index in [1.165, 1.54) is 6.07 Å². The molecule has 0 bridgehead atoms. The number of alkyl halides is 3. The summed E-state index contributed by atoms with van der Waals surface area (Å²) in [4.78, 5) is 28.0. The van der Waals surface area contributed by atoms with Crippen molar-refractivity contribution in [3.63, 3.8) is 0 Å². The maximum absolute atomic E-state index is 13.4. The van der Waals surface area contributed by atoms with Crippen LogP contribution in [0.3, 0.4) is 0 Å². The number of nitrogens with zero attached hydrogens (tertiary/aromatic N) is 1. The molecule has 1 aliphatic heterocycles. The molecule has 3 aromatic carbocycles. The number of nitrogen functional groups attached to an aromatic ring is 1. The lowest BCUT2D eigenvalue weighted by Gasteiger charge is -2.25. The summed E-state index contributed by atoms with van der Waals surface area (Å²) in [5, 5.41) is 27.1. The largest absolute Gasteiger partial charge is 0.490 e. The van der Waals surface area contributed by atoms with E-state index in [2.05, 4.69) is 10.5 Å². The zero-order valence-corrected chi connectivity index (χ0v) is 23.9. The third kappa shape index (κ3) is 8.40. The third-order valence-corrected chi connectivity index (χ3v) is 7.10. The van der Waals surface area contributed by atoms with E-state index in [1.54, 1.807) is 66.7 Å². The molecule has 0 spiro atoms. The molecular weight excluding hydrogens is 607 g/mol. The molecule has 12 nitrogen and oxygen atoms in total. The number of ether oxygens (including phenoxy) is 1. The number of nitrogens with one attached hydrogen (secondary N) is 2. The Labute approximate surface area is 250 Å². The fourth-order valence-corrected chi connectivity index (χ4v) is 4.72. The number of hydrogen-bond donors (Lipinski definition) is 5. The van der Waals surface area contributed by atoms with E-state index in [0.29, 0.717) is 40.3 Å². The zero-order valence-electron chi connectivity index (χ0n) is 23.1. The number of oxime groups is 1. The number of benzene rings is 3. The van der Waals surface area contributed by atoms with Crippen LogP contribution < -0.4 is 16.2 Å². The number of amidine groups is 1. The fourth-order valence-electron chi connectivity index (χ4n) is 3.96. The lowest BCUT2D eigenvalue weighted by Crippen LogP contribution is -2.47.